The molecule has 1 unspecified atom stereocenters. The van der Waals surface area contributed by atoms with E-state index in [1.165, 1.54) is 36.3 Å². The normalized spacial score (nSPS) is 11.9. The van der Waals surface area contributed by atoms with Crippen molar-refractivity contribution in [2.24, 2.45) is 5.92 Å². The summed E-state index contributed by atoms with van der Waals surface area (Å²) in [6.07, 6.45) is 0.178. The van der Waals surface area contributed by atoms with Gasteiger partial charge in [0, 0.05) is 19.5 Å². The van der Waals surface area contributed by atoms with Crippen LogP contribution >= 0.6 is 0 Å². The van der Waals surface area contributed by atoms with Crippen LogP contribution in [0.25, 0.3) is 0 Å². The number of methoxy groups -OCH3 is 1. The summed E-state index contributed by atoms with van der Waals surface area (Å²) < 4.78 is 48.5. The molecule has 0 spiro atoms. The van der Waals surface area contributed by atoms with Crippen LogP contribution in [0.2, 0.25) is 0 Å². The fourth-order valence-electron chi connectivity index (χ4n) is 4.83. The van der Waals surface area contributed by atoms with E-state index in [2.05, 4.69) is 5.32 Å². The number of para-hydroxylation sites is 2. The molecular formula is C35H38FN3O5S. The lowest BCUT2D eigenvalue weighted by atomic mass is 10.0. The third kappa shape index (κ3) is 8.69. The number of hydrogen-bond donors (Lipinski definition) is 1. The molecule has 0 saturated carbocycles. The predicted molar refractivity (Wildman–Crippen MR) is 173 cm³/mol. The van der Waals surface area contributed by atoms with Crippen molar-refractivity contribution in [3.05, 3.63) is 126 Å². The molecule has 4 rings (SSSR count). The van der Waals surface area contributed by atoms with Crippen LogP contribution < -0.4 is 14.4 Å². The van der Waals surface area contributed by atoms with E-state index in [1.54, 1.807) is 54.6 Å². The molecule has 0 fully saturated rings. The van der Waals surface area contributed by atoms with E-state index < -0.39 is 34.3 Å². The summed E-state index contributed by atoms with van der Waals surface area (Å²) in [5, 5.41) is 2.95. The maximum Gasteiger partial charge on any atom is 0.264 e. The van der Waals surface area contributed by atoms with E-state index in [0.717, 1.165) is 9.87 Å². The second kappa shape index (κ2) is 15.3. The van der Waals surface area contributed by atoms with Gasteiger partial charge in [-0.3, -0.25) is 13.9 Å². The Hall–Kier alpha value is -4.70. The summed E-state index contributed by atoms with van der Waals surface area (Å²) in [6.45, 7) is 3.64. The van der Waals surface area contributed by atoms with Crippen molar-refractivity contribution < 1.29 is 27.1 Å². The van der Waals surface area contributed by atoms with Gasteiger partial charge in [0.05, 0.1) is 17.7 Å². The maximum absolute atomic E-state index is 14.5. The van der Waals surface area contributed by atoms with Gasteiger partial charge in [0.1, 0.15) is 24.2 Å². The van der Waals surface area contributed by atoms with Crippen LogP contribution in [0.3, 0.4) is 0 Å². The van der Waals surface area contributed by atoms with E-state index in [1.807, 2.05) is 44.2 Å². The Balaban J connectivity index is 1.81. The number of hydrogen-bond acceptors (Lipinski definition) is 5. The number of benzene rings is 4. The highest BCUT2D eigenvalue weighted by molar-refractivity contribution is 7.92. The quantitative estimate of drug-likeness (QED) is 0.200. The molecule has 236 valence electrons. The topological polar surface area (TPSA) is 96.0 Å². The van der Waals surface area contributed by atoms with Gasteiger partial charge >= 0.3 is 0 Å². The fraction of sp³-hybridized carbons (Fsp3) is 0.257. The number of anilines is 1. The average Bonchev–Trinajstić information content (AvgIpc) is 3.05. The average molecular weight is 632 g/mol. The number of sulfonamides is 1. The van der Waals surface area contributed by atoms with Gasteiger partial charge in [0.15, 0.2) is 0 Å². The number of halogens is 1. The summed E-state index contributed by atoms with van der Waals surface area (Å²) in [6, 6.07) is 28.3. The molecule has 2 amide bonds. The molecule has 1 atom stereocenters. The molecule has 0 bridgehead atoms. The third-order valence-corrected chi connectivity index (χ3v) is 8.96. The first-order valence-corrected chi connectivity index (χ1v) is 16.1. The van der Waals surface area contributed by atoms with Crippen LogP contribution in [0.5, 0.6) is 5.75 Å². The summed E-state index contributed by atoms with van der Waals surface area (Å²) >= 11 is 0. The second-order valence-corrected chi connectivity index (χ2v) is 12.9. The number of nitrogens with zero attached hydrogens (tertiary/aromatic N) is 2. The zero-order valence-electron chi connectivity index (χ0n) is 25.6. The molecule has 1 N–H and O–H groups in total. The van der Waals surface area contributed by atoms with Gasteiger partial charge in [-0.25, -0.2) is 12.8 Å². The lowest BCUT2D eigenvalue weighted by molar-refractivity contribution is -0.140. The molecule has 0 saturated heterocycles. The van der Waals surface area contributed by atoms with E-state index in [-0.39, 0.29) is 41.1 Å². The molecule has 8 nitrogen and oxygen atoms in total. The second-order valence-electron chi connectivity index (χ2n) is 11.0. The van der Waals surface area contributed by atoms with Gasteiger partial charge in [-0.15, -0.1) is 0 Å². The van der Waals surface area contributed by atoms with Crippen molar-refractivity contribution in [1.82, 2.24) is 10.2 Å². The minimum absolute atomic E-state index is 0.00990. The Morgan fingerprint density at radius 2 is 1.42 bits per heavy atom. The SMILES string of the molecule is COc1ccccc1N(CC(=O)N(Cc1ccc(F)cc1)C(Cc1ccccc1)C(=O)NCC(C)C)S(=O)(=O)c1ccccc1. The summed E-state index contributed by atoms with van der Waals surface area (Å²) in [5.41, 5.74) is 1.56. The Morgan fingerprint density at radius 1 is 0.822 bits per heavy atom. The first-order chi connectivity index (χ1) is 21.6. The van der Waals surface area contributed by atoms with Gasteiger partial charge in [-0.05, 0) is 53.4 Å². The first-order valence-electron chi connectivity index (χ1n) is 14.7. The predicted octanol–water partition coefficient (Wildman–Crippen LogP) is 5.44. The minimum atomic E-state index is -4.26. The number of carbonyl (C=O) groups is 2. The molecule has 4 aromatic rings. The van der Waals surface area contributed by atoms with Crippen molar-refractivity contribution in [3.63, 3.8) is 0 Å². The lowest BCUT2D eigenvalue weighted by Gasteiger charge is -2.34. The maximum atomic E-state index is 14.5. The smallest absolute Gasteiger partial charge is 0.264 e. The largest absolute Gasteiger partial charge is 0.495 e. The number of carbonyl (C=O) groups excluding carboxylic acids is 2. The van der Waals surface area contributed by atoms with Crippen molar-refractivity contribution in [1.29, 1.82) is 0 Å². The molecule has 10 heteroatoms. The number of ether oxygens (including phenoxy) is 1. The van der Waals surface area contributed by atoms with Gasteiger partial charge in [0.25, 0.3) is 10.0 Å². The zero-order chi connectivity index (χ0) is 32.4. The highest BCUT2D eigenvalue weighted by Crippen LogP contribution is 2.32. The highest BCUT2D eigenvalue weighted by Gasteiger charge is 2.35. The van der Waals surface area contributed by atoms with Crippen molar-refractivity contribution >= 4 is 27.5 Å². The number of nitrogens with one attached hydrogen (secondary N) is 1. The minimum Gasteiger partial charge on any atom is -0.495 e. The lowest BCUT2D eigenvalue weighted by Crippen LogP contribution is -2.53. The molecule has 0 aliphatic carbocycles. The van der Waals surface area contributed by atoms with Crippen molar-refractivity contribution in [2.75, 3.05) is 24.5 Å². The Kier molecular flexibility index (Phi) is 11.3. The Labute approximate surface area is 264 Å². The number of rotatable bonds is 14. The summed E-state index contributed by atoms with van der Waals surface area (Å²) in [4.78, 5) is 29.6. The van der Waals surface area contributed by atoms with Crippen LogP contribution in [0.1, 0.15) is 25.0 Å². The molecule has 0 aliphatic heterocycles. The molecular weight excluding hydrogens is 593 g/mol. The van der Waals surface area contributed by atoms with E-state index >= 15 is 0 Å². The van der Waals surface area contributed by atoms with Gasteiger partial charge < -0.3 is 15.0 Å². The van der Waals surface area contributed by atoms with Gasteiger partial charge in [0.2, 0.25) is 11.8 Å². The zero-order valence-corrected chi connectivity index (χ0v) is 26.4. The molecule has 45 heavy (non-hydrogen) atoms. The van der Waals surface area contributed by atoms with Gasteiger partial charge in [-0.1, -0.05) is 86.6 Å². The molecule has 0 heterocycles. The van der Waals surface area contributed by atoms with E-state index in [0.29, 0.717) is 12.1 Å². The molecule has 0 aromatic heterocycles. The highest BCUT2D eigenvalue weighted by atomic mass is 32.2. The number of amides is 2. The molecule has 0 aliphatic rings. The van der Waals surface area contributed by atoms with E-state index in [4.69, 9.17) is 4.74 Å². The Bertz CT molecular complexity index is 1670. The van der Waals surface area contributed by atoms with Crippen LogP contribution in [0, 0.1) is 11.7 Å². The van der Waals surface area contributed by atoms with Crippen molar-refractivity contribution in [3.8, 4) is 5.75 Å². The monoisotopic (exact) mass is 631 g/mol. The first kappa shape index (κ1) is 33.2. The van der Waals surface area contributed by atoms with Gasteiger partial charge in [-0.2, -0.15) is 0 Å². The molecule has 4 aromatic carbocycles. The van der Waals surface area contributed by atoms with Crippen LogP contribution in [-0.4, -0.2) is 51.4 Å². The fourth-order valence-corrected chi connectivity index (χ4v) is 6.28. The summed E-state index contributed by atoms with van der Waals surface area (Å²) in [7, 11) is -2.84. The van der Waals surface area contributed by atoms with Crippen LogP contribution in [-0.2, 0) is 32.6 Å². The third-order valence-electron chi connectivity index (χ3n) is 7.19. The van der Waals surface area contributed by atoms with E-state index in [9.17, 15) is 22.4 Å². The van der Waals surface area contributed by atoms with Crippen LogP contribution in [0.15, 0.2) is 114 Å². The standard InChI is InChI=1S/C35H38FN3O5S/c1-26(2)23-37-35(41)32(22-27-12-6-4-7-13-27)38(24-28-18-20-29(36)21-19-28)34(40)25-39(31-16-10-11-17-33(31)44-3)45(42,43)30-14-8-5-9-15-30/h4-21,26,32H,22-25H2,1-3H3,(H,37,41). The van der Waals surface area contributed by atoms with Crippen LogP contribution in [0.4, 0.5) is 10.1 Å². The van der Waals surface area contributed by atoms with Crippen molar-refractivity contribution in [2.45, 2.75) is 37.8 Å². The molecule has 0 radical (unpaired) electrons. The Morgan fingerprint density at radius 3 is 2.04 bits per heavy atom. The summed E-state index contributed by atoms with van der Waals surface area (Å²) in [5.74, 6) is -1.03.